The molecule has 32 heteroatoms. The fraction of sp³-hybridized carbons (Fsp3) is 0.591. The van der Waals surface area contributed by atoms with E-state index in [9.17, 15) is 19.2 Å². The molecule has 532 valence electrons. The zero-order valence-electron chi connectivity index (χ0n) is 57.9. The first kappa shape index (κ1) is 75.3. The molecule has 13 rings (SSSR count). The van der Waals surface area contributed by atoms with Gasteiger partial charge in [0.2, 0.25) is 0 Å². The summed E-state index contributed by atoms with van der Waals surface area (Å²) >= 11 is 20.2. The summed E-state index contributed by atoms with van der Waals surface area (Å²) in [6, 6.07) is 3.58. The van der Waals surface area contributed by atoms with E-state index in [0.717, 1.165) is 125 Å². The summed E-state index contributed by atoms with van der Waals surface area (Å²) in [6.45, 7) is 26.5. The van der Waals surface area contributed by atoms with E-state index in [0.29, 0.717) is 61.4 Å². The molecule has 0 spiro atoms. The van der Waals surface area contributed by atoms with Crippen molar-refractivity contribution in [1.82, 2.24) is 70.1 Å². The number of fused-ring (bicyclic) bond motifs is 3. The van der Waals surface area contributed by atoms with Crippen LogP contribution in [0, 0.1) is 4.64 Å². The normalized spacial score (nSPS) is 18.0. The van der Waals surface area contributed by atoms with Gasteiger partial charge in [-0.1, -0.05) is 58.9 Å². The van der Waals surface area contributed by atoms with Crippen LogP contribution in [0.15, 0.2) is 72.5 Å². The van der Waals surface area contributed by atoms with Gasteiger partial charge in [0.1, 0.15) is 65.1 Å². The molecular formula is C66H93Cl2N19O8S3. The smallest absolute Gasteiger partial charge is 0.408 e. The Morgan fingerprint density at radius 1 is 0.622 bits per heavy atom. The first-order valence-corrected chi connectivity index (χ1v) is 36.1. The Morgan fingerprint density at radius 2 is 1.06 bits per heavy atom. The number of piperidine rings is 3. The van der Waals surface area contributed by atoms with E-state index in [4.69, 9.17) is 70.1 Å². The van der Waals surface area contributed by atoms with Gasteiger partial charge < -0.3 is 59.1 Å². The summed E-state index contributed by atoms with van der Waals surface area (Å²) in [6.07, 6.45) is 20.7. The van der Waals surface area contributed by atoms with Crippen LogP contribution in [0.1, 0.15) is 151 Å². The molecule has 0 radical (unpaired) electrons. The Kier molecular flexibility index (Phi) is 25.4. The van der Waals surface area contributed by atoms with Crippen molar-refractivity contribution in [3.8, 4) is 0 Å². The molecule has 98 heavy (non-hydrogen) atoms. The van der Waals surface area contributed by atoms with Gasteiger partial charge in [-0.05, 0) is 151 Å². The van der Waals surface area contributed by atoms with Crippen molar-refractivity contribution in [1.29, 1.82) is 0 Å². The number of aryl methyl sites for hydroxylation is 2. The van der Waals surface area contributed by atoms with Crippen molar-refractivity contribution in [2.75, 3.05) is 80.4 Å². The molecule has 27 nitrogen and oxygen atoms in total. The van der Waals surface area contributed by atoms with Crippen LogP contribution in [0.25, 0.3) is 22.3 Å². The van der Waals surface area contributed by atoms with Crippen LogP contribution in [-0.4, -0.2) is 170 Å². The maximum Gasteiger partial charge on any atom is 0.408 e. The van der Waals surface area contributed by atoms with Gasteiger partial charge in [-0.15, -0.1) is 0 Å². The molecule has 7 aromatic heterocycles. The molecule has 0 aromatic carbocycles. The molecule has 5 fully saturated rings. The van der Waals surface area contributed by atoms with Gasteiger partial charge in [-0.25, -0.2) is 39.5 Å². The number of carbonyl (C=O) groups excluding carboxylic acids is 2. The fourth-order valence-electron chi connectivity index (χ4n) is 11.1. The lowest BCUT2D eigenvalue weighted by molar-refractivity contribution is 0.0435. The van der Waals surface area contributed by atoms with Gasteiger partial charge in [-0.3, -0.25) is 29.9 Å². The van der Waals surface area contributed by atoms with Crippen molar-refractivity contribution < 1.29 is 28.5 Å². The molecular weight excluding hydrogens is 1350 g/mol. The molecule has 0 bridgehead atoms. The number of nitrogens with one attached hydrogen (secondary N) is 5. The number of aliphatic imine (C=N–C) groups is 1. The number of alkyl carbamates (subject to hydrolysis) is 2. The van der Waals surface area contributed by atoms with Gasteiger partial charge in [-0.2, -0.15) is 5.10 Å². The van der Waals surface area contributed by atoms with Crippen LogP contribution in [0.3, 0.4) is 0 Å². The van der Waals surface area contributed by atoms with Crippen molar-refractivity contribution in [3.05, 3.63) is 89.9 Å². The predicted molar refractivity (Wildman–Crippen MR) is 388 cm³/mol. The summed E-state index contributed by atoms with van der Waals surface area (Å²) in [5, 5.41) is 20.7. The lowest BCUT2D eigenvalue weighted by Crippen LogP contribution is -2.54. The lowest BCUT2D eigenvalue weighted by Gasteiger charge is -2.40. The molecule has 6 aliphatic rings. The number of amides is 2. The number of nitrogens with zero attached hydrogens (tertiary/aromatic N) is 13. The second-order valence-electron chi connectivity index (χ2n) is 28.0. The maximum absolute atomic E-state index is 12.2. The Hall–Kier alpha value is -6.93. The van der Waals surface area contributed by atoms with Crippen molar-refractivity contribution in [2.24, 2.45) is 24.8 Å². The number of pyridine rings is 2. The third kappa shape index (κ3) is 21.1. The molecule has 7 N–H and O–H groups in total. The first-order chi connectivity index (χ1) is 46.4. The Labute approximate surface area is 594 Å². The van der Waals surface area contributed by atoms with Crippen molar-refractivity contribution in [2.45, 2.75) is 189 Å². The largest absolute Gasteiger partial charge is 0.444 e. The predicted octanol–water partition coefficient (Wildman–Crippen LogP) is 11.2. The average molecular weight is 1450 g/mol. The van der Waals surface area contributed by atoms with E-state index < -0.39 is 17.3 Å². The highest BCUT2D eigenvalue weighted by atomic mass is 35.5. The van der Waals surface area contributed by atoms with E-state index in [1.807, 2.05) is 61.5 Å². The van der Waals surface area contributed by atoms with Gasteiger partial charge in [0.25, 0.3) is 11.1 Å². The number of H-pyrrole nitrogens is 3. The van der Waals surface area contributed by atoms with E-state index in [-0.39, 0.29) is 43.9 Å². The minimum Gasteiger partial charge on any atom is -0.444 e. The highest BCUT2D eigenvalue weighted by Crippen LogP contribution is 2.36. The molecule has 0 saturated carbocycles. The number of aromatic nitrogens is 12. The van der Waals surface area contributed by atoms with E-state index >= 15 is 0 Å². The second-order valence-corrected chi connectivity index (χ2v) is 31.2. The zero-order valence-corrected chi connectivity index (χ0v) is 61.9. The summed E-state index contributed by atoms with van der Waals surface area (Å²) in [5.41, 5.74) is 8.08. The summed E-state index contributed by atoms with van der Waals surface area (Å²) in [7, 11) is 3.32. The number of ether oxygens (including phenoxy) is 4. The summed E-state index contributed by atoms with van der Waals surface area (Å²) in [4.78, 5) is 88.3. The van der Waals surface area contributed by atoms with Gasteiger partial charge in [0.05, 0.1) is 30.8 Å². The number of nitrogens with two attached hydrogens (primary N) is 1. The van der Waals surface area contributed by atoms with Crippen molar-refractivity contribution in [3.63, 3.8) is 0 Å². The molecule has 6 aliphatic heterocycles. The maximum atomic E-state index is 12.2. The highest BCUT2D eigenvalue weighted by molar-refractivity contribution is 8.14. The standard InChI is InChI=1S/C22H28ClN7O3S.C18H21ClN6OS.C16H24N6O2S.2C5H10O/c1-21(2,3)33-20(32)26-22(4)7-10-30(11-8-22)14-12-24-16-17(25-14)27-28-18(16)34-13-6-9-29(5)19(31)15(13)23;1-18(20)4-7-25(8-5-18)13-10-21-15-11(23-13)9-22-16(15)27-12-3-6-24(2)17(26)14(12)19;1-15(2,3)24-14(23)19-16(4)5-7-22(8-6-16)10-9-17-11-12(18-10)20-21-13(11)25;2*1-2-4-6-5-3-1/h6,9,12H,7-8,10-11H2,1-5H3,(H,26,32)(H,25,27,28);3,6,10H,4-5,7-9,20H2,1-2H3;9H,5-8H2,1-4H3,(H,19,23)(H2,18,20,21,25);2*1-5H2. The number of halogens is 2. The third-order valence-corrected chi connectivity index (χ3v) is 20.4. The van der Waals surface area contributed by atoms with Crippen LogP contribution in [0.4, 0.5) is 27.0 Å². The topological polar surface area (TPSA) is 325 Å². The number of hydrogen-bond acceptors (Lipinski definition) is 23. The Balaban J connectivity index is 0.000000159. The molecule has 0 atom stereocenters. The van der Waals surface area contributed by atoms with E-state index in [2.05, 4.69) is 77.6 Å². The number of thioether (sulfide) groups is 1. The summed E-state index contributed by atoms with van der Waals surface area (Å²) in [5.74, 6) is 2.41. The second kappa shape index (κ2) is 33.0. The molecule has 0 aliphatic carbocycles. The lowest BCUT2D eigenvalue weighted by atomic mass is 9.90. The molecule has 13 heterocycles. The average Bonchev–Trinajstić information content (AvgIpc) is 1.56. The number of carbonyl (C=O) groups is 2. The number of anilines is 3. The highest BCUT2D eigenvalue weighted by Gasteiger charge is 2.36. The van der Waals surface area contributed by atoms with Crippen LogP contribution >= 0.6 is 58.9 Å². The quantitative estimate of drug-likeness (QED) is 0.0770. The van der Waals surface area contributed by atoms with Gasteiger partial charge in [0.15, 0.2) is 16.3 Å². The van der Waals surface area contributed by atoms with Crippen LogP contribution in [0.2, 0.25) is 10.0 Å². The first-order valence-electron chi connectivity index (χ1n) is 33.3. The Bertz CT molecular complexity index is 4060. The van der Waals surface area contributed by atoms with Crippen LogP contribution in [0.5, 0.6) is 0 Å². The molecule has 2 amide bonds. The molecule has 5 saturated heterocycles. The minimum atomic E-state index is -0.533. The monoisotopic (exact) mass is 1450 g/mol. The molecule has 0 unspecified atom stereocenters. The SMILES string of the molecule is C1CCOCC1.C1CCOCC1.CC1(NC(=O)OC(C)(C)C)CCN(c2cnc3c(=S)[nH][nH]c3n2)CC1.Cn1ccc(SC2=NCc3nc(N4CCC(C)(N)CC4)cnc32)c(Cl)c1=O.Cn1ccc(Sc2n[nH]c3nc(N4CCC(C)(NC(=O)OC(C)(C)C)CC4)cnc23)c(Cl)c1=O. The minimum absolute atomic E-state index is 0.0976. The van der Waals surface area contributed by atoms with E-state index in [1.54, 1.807) is 51.1 Å². The number of aromatic amines is 3. The van der Waals surface area contributed by atoms with Crippen LogP contribution in [-0.2, 0) is 39.6 Å². The number of rotatable bonds is 8. The fourth-order valence-corrected chi connectivity index (χ4v) is 13.7. The van der Waals surface area contributed by atoms with Crippen LogP contribution < -0.4 is 42.2 Å². The Morgan fingerprint density at radius 3 is 1.52 bits per heavy atom. The van der Waals surface area contributed by atoms with E-state index in [1.165, 1.54) is 71.2 Å². The van der Waals surface area contributed by atoms with Gasteiger partial charge >= 0.3 is 12.2 Å². The van der Waals surface area contributed by atoms with Crippen molar-refractivity contribution >= 4 is 116 Å². The molecule has 7 aromatic rings. The summed E-state index contributed by atoms with van der Waals surface area (Å²) < 4.78 is 24.3. The third-order valence-electron chi connectivity index (χ3n) is 17.0. The number of hydrogen-bond donors (Lipinski definition) is 6. The zero-order chi connectivity index (χ0) is 70.6. The van der Waals surface area contributed by atoms with Gasteiger partial charge in [0, 0.05) is 119 Å².